The summed E-state index contributed by atoms with van der Waals surface area (Å²) in [5.41, 5.74) is 6.58. The van der Waals surface area contributed by atoms with Gasteiger partial charge in [0.15, 0.2) is 11.5 Å². The van der Waals surface area contributed by atoms with Crippen LogP contribution in [0.1, 0.15) is 18.9 Å². The molecule has 1 aromatic carbocycles. The topological polar surface area (TPSA) is 73.6 Å². The molecule has 1 heterocycles. The maximum atomic E-state index is 11.3. The predicted octanol–water partition coefficient (Wildman–Crippen LogP) is 0.854. The molecule has 0 bridgehead atoms. The quantitative estimate of drug-likeness (QED) is 0.845. The molecule has 3 N–H and O–H groups in total. The molecule has 0 fully saturated rings. The summed E-state index contributed by atoms with van der Waals surface area (Å²) in [6.45, 7) is 3.61. The first-order chi connectivity index (χ1) is 9.16. The van der Waals surface area contributed by atoms with Gasteiger partial charge in [-0.1, -0.05) is 6.07 Å². The first-order valence-corrected chi connectivity index (χ1v) is 6.58. The van der Waals surface area contributed by atoms with Crippen molar-refractivity contribution in [2.45, 2.75) is 25.8 Å². The molecule has 0 saturated carbocycles. The zero-order valence-corrected chi connectivity index (χ0v) is 11.1. The molecule has 5 heteroatoms. The molecule has 1 amide bonds. The van der Waals surface area contributed by atoms with E-state index in [1.54, 1.807) is 6.92 Å². The molecule has 1 unspecified atom stereocenters. The number of carbonyl (C=O) groups excluding carboxylic acids is 1. The number of fused-ring (bicyclic) bond motifs is 1. The van der Waals surface area contributed by atoms with Crippen molar-refractivity contribution >= 4 is 5.91 Å². The van der Waals surface area contributed by atoms with Gasteiger partial charge in [-0.2, -0.15) is 0 Å². The third-order valence-corrected chi connectivity index (χ3v) is 2.94. The van der Waals surface area contributed by atoms with Crippen molar-refractivity contribution in [1.82, 2.24) is 5.32 Å². The molecule has 104 valence electrons. The minimum Gasteiger partial charge on any atom is -0.490 e. The molecule has 5 nitrogen and oxygen atoms in total. The van der Waals surface area contributed by atoms with Gasteiger partial charge in [-0.3, -0.25) is 4.79 Å². The van der Waals surface area contributed by atoms with Crippen LogP contribution in [0.2, 0.25) is 0 Å². The predicted molar refractivity (Wildman–Crippen MR) is 72.4 cm³/mol. The standard InChI is InChI=1S/C14H20N2O3/c1-10(15)14(17)16-6-5-11-3-4-12-13(9-11)19-8-2-7-18-12/h3-4,9-10H,2,5-8,15H2,1H3,(H,16,17). The number of ether oxygens (including phenoxy) is 2. The van der Waals surface area contributed by atoms with E-state index in [9.17, 15) is 4.79 Å². The molecule has 1 aliphatic rings. The molecule has 0 radical (unpaired) electrons. The summed E-state index contributed by atoms with van der Waals surface area (Å²) in [5.74, 6) is 1.45. The molecule has 0 aliphatic carbocycles. The Labute approximate surface area is 113 Å². The van der Waals surface area contributed by atoms with Gasteiger partial charge in [0.25, 0.3) is 0 Å². The van der Waals surface area contributed by atoms with Crippen LogP contribution < -0.4 is 20.5 Å². The van der Waals surface area contributed by atoms with E-state index >= 15 is 0 Å². The van der Waals surface area contributed by atoms with E-state index < -0.39 is 6.04 Å². The molecule has 1 aliphatic heterocycles. The molecule has 1 atom stereocenters. The summed E-state index contributed by atoms with van der Waals surface area (Å²) in [6, 6.07) is 5.41. The Hall–Kier alpha value is -1.75. The van der Waals surface area contributed by atoms with Crippen LogP contribution in [0.15, 0.2) is 18.2 Å². The summed E-state index contributed by atoms with van der Waals surface area (Å²) >= 11 is 0. The summed E-state index contributed by atoms with van der Waals surface area (Å²) < 4.78 is 11.2. The number of hydrogen-bond donors (Lipinski definition) is 2. The Morgan fingerprint density at radius 1 is 1.37 bits per heavy atom. The number of amides is 1. The van der Waals surface area contributed by atoms with E-state index in [4.69, 9.17) is 15.2 Å². The third-order valence-electron chi connectivity index (χ3n) is 2.94. The number of carbonyl (C=O) groups is 1. The highest BCUT2D eigenvalue weighted by Gasteiger charge is 2.11. The first-order valence-electron chi connectivity index (χ1n) is 6.58. The maximum Gasteiger partial charge on any atom is 0.236 e. The van der Waals surface area contributed by atoms with E-state index in [2.05, 4.69) is 5.32 Å². The average molecular weight is 264 g/mol. The Bertz CT molecular complexity index is 446. The van der Waals surface area contributed by atoms with Crippen molar-refractivity contribution in [2.24, 2.45) is 5.73 Å². The Morgan fingerprint density at radius 2 is 2.11 bits per heavy atom. The molecule has 0 aromatic heterocycles. The highest BCUT2D eigenvalue weighted by atomic mass is 16.5. The number of nitrogens with two attached hydrogens (primary N) is 1. The fourth-order valence-corrected chi connectivity index (χ4v) is 1.85. The van der Waals surface area contributed by atoms with Crippen LogP contribution in [-0.4, -0.2) is 31.7 Å². The monoisotopic (exact) mass is 264 g/mol. The number of rotatable bonds is 4. The summed E-state index contributed by atoms with van der Waals surface area (Å²) in [4.78, 5) is 11.3. The summed E-state index contributed by atoms with van der Waals surface area (Å²) in [5, 5.41) is 2.79. The van der Waals surface area contributed by atoms with Gasteiger partial charge < -0.3 is 20.5 Å². The molecule has 2 rings (SSSR count). The normalized spacial score (nSPS) is 15.5. The van der Waals surface area contributed by atoms with E-state index in [0.29, 0.717) is 19.8 Å². The van der Waals surface area contributed by atoms with Crippen molar-refractivity contribution in [3.63, 3.8) is 0 Å². The fourth-order valence-electron chi connectivity index (χ4n) is 1.85. The zero-order chi connectivity index (χ0) is 13.7. The van der Waals surface area contributed by atoms with Crippen molar-refractivity contribution in [2.75, 3.05) is 19.8 Å². The van der Waals surface area contributed by atoms with E-state index in [-0.39, 0.29) is 5.91 Å². The van der Waals surface area contributed by atoms with Gasteiger partial charge in [0, 0.05) is 13.0 Å². The van der Waals surface area contributed by atoms with Crippen LogP contribution in [0.3, 0.4) is 0 Å². The molecular formula is C14H20N2O3. The van der Waals surface area contributed by atoms with Crippen LogP contribution in [0, 0.1) is 0 Å². The number of benzene rings is 1. The molecule has 1 aromatic rings. The van der Waals surface area contributed by atoms with Gasteiger partial charge in [0.05, 0.1) is 19.3 Å². The summed E-state index contributed by atoms with van der Waals surface area (Å²) in [7, 11) is 0. The van der Waals surface area contributed by atoms with Gasteiger partial charge in [-0.05, 0) is 31.0 Å². The molecular weight excluding hydrogens is 244 g/mol. The van der Waals surface area contributed by atoms with Crippen LogP contribution >= 0.6 is 0 Å². The summed E-state index contributed by atoms with van der Waals surface area (Å²) in [6.07, 6.45) is 1.64. The zero-order valence-electron chi connectivity index (χ0n) is 11.1. The third kappa shape index (κ3) is 3.86. The van der Waals surface area contributed by atoms with Crippen LogP contribution in [0.25, 0.3) is 0 Å². The lowest BCUT2D eigenvalue weighted by molar-refractivity contribution is -0.121. The molecule has 19 heavy (non-hydrogen) atoms. The Morgan fingerprint density at radius 3 is 2.84 bits per heavy atom. The lowest BCUT2D eigenvalue weighted by Crippen LogP contribution is -2.39. The fraction of sp³-hybridized carbons (Fsp3) is 0.500. The average Bonchev–Trinajstić information content (AvgIpc) is 2.63. The minimum atomic E-state index is -0.469. The van der Waals surface area contributed by atoms with Crippen LogP contribution in [0.5, 0.6) is 11.5 Å². The first kappa shape index (κ1) is 13.7. The van der Waals surface area contributed by atoms with Crippen LogP contribution in [-0.2, 0) is 11.2 Å². The highest BCUT2D eigenvalue weighted by molar-refractivity contribution is 5.80. The van der Waals surface area contributed by atoms with E-state index in [0.717, 1.165) is 29.9 Å². The largest absolute Gasteiger partial charge is 0.490 e. The molecule has 0 spiro atoms. The SMILES string of the molecule is CC(N)C(=O)NCCc1ccc2c(c1)OCCCO2. The van der Waals surface area contributed by atoms with Gasteiger partial charge >= 0.3 is 0 Å². The lowest BCUT2D eigenvalue weighted by Gasteiger charge is -2.10. The van der Waals surface area contributed by atoms with Crippen molar-refractivity contribution in [1.29, 1.82) is 0 Å². The van der Waals surface area contributed by atoms with Gasteiger partial charge in [0.1, 0.15) is 0 Å². The minimum absolute atomic E-state index is 0.130. The Kier molecular flexibility index (Phi) is 4.63. The Balaban J connectivity index is 1.91. The smallest absolute Gasteiger partial charge is 0.236 e. The van der Waals surface area contributed by atoms with Gasteiger partial charge in [-0.25, -0.2) is 0 Å². The second-order valence-corrected chi connectivity index (χ2v) is 4.66. The highest BCUT2D eigenvalue weighted by Crippen LogP contribution is 2.30. The van der Waals surface area contributed by atoms with Crippen molar-refractivity contribution in [3.8, 4) is 11.5 Å². The molecule has 0 saturated heterocycles. The van der Waals surface area contributed by atoms with Crippen molar-refractivity contribution < 1.29 is 14.3 Å². The second kappa shape index (κ2) is 6.43. The maximum absolute atomic E-state index is 11.3. The van der Waals surface area contributed by atoms with E-state index in [1.807, 2.05) is 18.2 Å². The number of nitrogens with one attached hydrogen (secondary N) is 1. The van der Waals surface area contributed by atoms with Crippen molar-refractivity contribution in [3.05, 3.63) is 23.8 Å². The number of hydrogen-bond acceptors (Lipinski definition) is 4. The van der Waals surface area contributed by atoms with Gasteiger partial charge in [-0.15, -0.1) is 0 Å². The van der Waals surface area contributed by atoms with Gasteiger partial charge in [0.2, 0.25) is 5.91 Å². The van der Waals surface area contributed by atoms with Crippen LogP contribution in [0.4, 0.5) is 0 Å². The second-order valence-electron chi connectivity index (χ2n) is 4.66. The lowest BCUT2D eigenvalue weighted by atomic mass is 10.1. The van der Waals surface area contributed by atoms with E-state index in [1.165, 1.54) is 0 Å².